The van der Waals surface area contributed by atoms with Gasteiger partial charge in [0.05, 0.1) is 17.5 Å². The fourth-order valence-electron chi connectivity index (χ4n) is 2.85. The second kappa shape index (κ2) is 10.6. The maximum Gasteiger partial charge on any atom is 0.343 e. The van der Waals surface area contributed by atoms with Crippen LogP contribution in [0.15, 0.2) is 67.1 Å². The molecule has 3 rings (SSSR count). The number of aromatic nitrogens is 1. The molecule has 166 valence electrons. The van der Waals surface area contributed by atoms with E-state index in [1.54, 1.807) is 18.3 Å². The van der Waals surface area contributed by atoms with E-state index in [1.807, 2.05) is 12.1 Å². The number of allylic oxidation sites excluding steroid dienone is 1. The SMILES string of the molecule is CCCc1ccc(-c2ccc(C(=O)Oc3cc(F)c(OC=CC(F)F)c(F)c3)cc2)nc1. The zero-order valence-corrected chi connectivity index (χ0v) is 17.0. The first-order valence-electron chi connectivity index (χ1n) is 9.75. The summed E-state index contributed by atoms with van der Waals surface area (Å²) in [5.41, 5.74) is 2.83. The molecule has 0 aliphatic rings. The number of hydrogen-bond acceptors (Lipinski definition) is 4. The van der Waals surface area contributed by atoms with E-state index in [0.29, 0.717) is 12.3 Å². The first-order chi connectivity index (χ1) is 15.4. The van der Waals surface area contributed by atoms with Gasteiger partial charge in [-0.2, -0.15) is 0 Å². The van der Waals surface area contributed by atoms with Crippen LogP contribution in [0.3, 0.4) is 0 Å². The number of pyridine rings is 1. The van der Waals surface area contributed by atoms with Crippen LogP contribution >= 0.6 is 0 Å². The Kier molecular flexibility index (Phi) is 7.59. The molecular weight excluding hydrogens is 426 g/mol. The van der Waals surface area contributed by atoms with Crippen molar-refractivity contribution in [3.05, 3.63) is 89.8 Å². The van der Waals surface area contributed by atoms with E-state index in [-0.39, 0.29) is 5.56 Å². The summed E-state index contributed by atoms with van der Waals surface area (Å²) in [4.78, 5) is 16.7. The Morgan fingerprint density at radius 3 is 2.31 bits per heavy atom. The van der Waals surface area contributed by atoms with Crippen LogP contribution in [-0.4, -0.2) is 17.4 Å². The highest BCUT2D eigenvalue weighted by atomic mass is 19.3. The van der Waals surface area contributed by atoms with Gasteiger partial charge in [0.1, 0.15) is 5.75 Å². The smallest absolute Gasteiger partial charge is 0.343 e. The van der Waals surface area contributed by atoms with Crippen molar-refractivity contribution in [2.24, 2.45) is 0 Å². The predicted molar refractivity (Wildman–Crippen MR) is 111 cm³/mol. The van der Waals surface area contributed by atoms with Crippen LogP contribution in [0.4, 0.5) is 17.6 Å². The molecule has 3 aromatic rings. The lowest BCUT2D eigenvalue weighted by Crippen LogP contribution is -2.09. The molecule has 1 aromatic heterocycles. The molecule has 0 atom stereocenters. The molecular formula is C24H19F4NO3. The fraction of sp³-hybridized carbons (Fsp3) is 0.167. The summed E-state index contributed by atoms with van der Waals surface area (Å²) in [7, 11) is 0. The number of rotatable bonds is 8. The number of halogens is 4. The molecule has 0 saturated carbocycles. The van der Waals surface area contributed by atoms with Crippen molar-refractivity contribution < 1.29 is 31.8 Å². The van der Waals surface area contributed by atoms with Gasteiger partial charge in [0.15, 0.2) is 17.4 Å². The van der Waals surface area contributed by atoms with Gasteiger partial charge in [-0.3, -0.25) is 4.98 Å². The van der Waals surface area contributed by atoms with E-state index in [2.05, 4.69) is 16.6 Å². The second-order valence-electron chi connectivity index (χ2n) is 6.77. The summed E-state index contributed by atoms with van der Waals surface area (Å²) in [6, 6.07) is 11.7. The number of benzene rings is 2. The largest absolute Gasteiger partial charge is 0.459 e. The molecule has 0 fully saturated rings. The average Bonchev–Trinajstić information content (AvgIpc) is 2.76. The van der Waals surface area contributed by atoms with Crippen LogP contribution < -0.4 is 9.47 Å². The highest BCUT2D eigenvalue weighted by molar-refractivity contribution is 5.91. The monoisotopic (exact) mass is 445 g/mol. The summed E-state index contributed by atoms with van der Waals surface area (Å²) in [6.07, 6.45) is 1.75. The third kappa shape index (κ3) is 5.94. The number of esters is 1. The van der Waals surface area contributed by atoms with Gasteiger partial charge in [0.2, 0.25) is 0 Å². The first-order valence-corrected chi connectivity index (χ1v) is 9.75. The van der Waals surface area contributed by atoms with Crippen LogP contribution in [0.1, 0.15) is 29.3 Å². The van der Waals surface area contributed by atoms with Gasteiger partial charge >= 0.3 is 5.97 Å². The third-order valence-corrected chi connectivity index (χ3v) is 4.37. The zero-order valence-electron chi connectivity index (χ0n) is 17.0. The molecule has 0 radical (unpaired) electrons. The van der Waals surface area contributed by atoms with Gasteiger partial charge in [-0.25, -0.2) is 22.4 Å². The molecule has 8 heteroatoms. The molecule has 0 saturated heterocycles. The average molecular weight is 445 g/mol. The Labute approximate surface area is 182 Å². The molecule has 32 heavy (non-hydrogen) atoms. The van der Waals surface area contributed by atoms with Gasteiger partial charge < -0.3 is 9.47 Å². The minimum absolute atomic E-state index is 0.164. The maximum absolute atomic E-state index is 14.0. The van der Waals surface area contributed by atoms with Crippen molar-refractivity contribution in [3.8, 4) is 22.8 Å². The Balaban J connectivity index is 1.69. The lowest BCUT2D eigenvalue weighted by atomic mass is 10.1. The molecule has 0 aliphatic carbocycles. The summed E-state index contributed by atoms with van der Waals surface area (Å²) >= 11 is 0. The van der Waals surface area contributed by atoms with E-state index in [0.717, 1.165) is 41.8 Å². The summed E-state index contributed by atoms with van der Waals surface area (Å²) < 4.78 is 61.7. The molecule has 0 amide bonds. The van der Waals surface area contributed by atoms with Crippen LogP contribution in [0, 0.1) is 11.6 Å². The quantitative estimate of drug-likeness (QED) is 0.175. The molecule has 0 unspecified atom stereocenters. The van der Waals surface area contributed by atoms with Crippen LogP contribution in [-0.2, 0) is 6.42 Å². The number of nitrogens with zero attached hydrogens (tertiary/aromatic N) is 1. The Morgan fingerprint density at radius 1 is 1.06 bits per heavy atom. The number of hydrogen-bond donors (Lipinski definition) is 0. The van der Waals surface area contributed by atoms with E-state index < -0.39 is 35.5 Å². The standard InChI is InChI=1S/C24H19F4NO3/c1-2-3-15-4-9-21(29-14-15)16-5-7-17(8-6-16)24(30)32-18-12-19(25)23(20(26)13-18)31-11-10-22(27)28/h4-14,22H,2-3H2,1H3. The first kappa shape index (κ1) is 23.0. The highest BCUT2D eigenvalue weighted by Gasteiger charge is 2.16. The summed E-state index contributed by atoms with van der Waals surface area (Å²) in [6.45, 7) is 2.09. The molecule has 0 bridgehead atoms. The maximum atomic E-state index is 14.0. The molecule has 0 aliphatic heterocycles. The van der Waals surface area contributed by atoms with Crippen LogP contribution in [0.25, 0.3) is 11.3 Å². The Bertz CT molecular complexity index is 1070. The molecule has 0 N–H and O–H groups in total. The Hall–Kier alpha value is -3.68. The molecule has 4 nitrogen and oxygen atoms in total. The lowest BCUT2D eigenvalue weighted by Gasteiger charge is -2.09. The molecule has 0 spiro atoms. The van der Waals surface area contributed by atoms with E-state index in [4.69, 9.17) is 4.74 Å². The minimum Gasteiger partial charge on any atom is -0.459 e. The van der Waals surface area contributed by atoms with E-state index in [1.165, 1.54) is 12.1 Å². The van der Waals surface area contributed by atoms with Gasteiger partial charge in [0.25, 0.3) is 6.43 Å². The highest BCUT2D eigenvalue weighted by Crippen LogP contribution is 2.28. The lowest BCUT2D eigenvalue weighted by molar-refractivity contribution is 0.0733. The normalized spacial score (nSPS) is 11.2. The van der Waals surface area contributed by atoms with Crippen LogP contribution in [0.2, 0.25) is 0 Å². The van der Waals surface area contributed by atoms with E-state index in [9.17, 15) is 22.4 Å². The number of alkyl halides is 2. The van der Waals surface area contributed by atoms with Crippen molar-refractivity contribution in [2.45, 2.75) is 26.2 Å². The van der Waals surface area contributed by atoms with Gasteiger partial charge in [-0.15, -0.1) is 0 Å². The third-order valence-electron chi connectivity index (χ3n) is 4.37. The van der Waals surface area contributed by atoms with E-state index >= 15 is 0 Å². The van der Waals surface area contributed by atoms with Crippen molar-refractivity contribution in [3.63, 3.8) is 0 Å². The number of carbonyl (C=O) groups excluding carboxylic acids is 1. The second-order valence-corrected chi connectivity index (χ2v) is 6.77. The summed E-state index contributed by atoms with van der Waals surface area (Å²) in [5, 5.41) is 0. The minimum atomic E-state index is -2.83. The van der Waals surface area contributed by atoms with Gasteiger partial charge in [-0.05, 0) is 30.2 Å². The summed E-state index contributed by atoms with van der Waals surface area (Å²) in [5.74, 6) is -4.52. The molecule has 1 heterocycles. The topological polar surface area (TPSA) is 48.4 Å². The predicted octanol–water partition coefficient (Wildman–Crippen LogP) is 6.36. The van der Waals surface area contributed by atoms with Crippen molar-refractivity contribution in [1.82, 2.24) is 4.98 Å². The van der Waals surface area contributed by atoms with Crippen LogP contribution in [0.5, 0.6) is 11.5 Å². The van der Waals surface area contributed by atoms with Crippen molar-refractivity contribution in [1.29, 1.82) is 0 Å². The van der Waals surface area contributed by atoms with Crippen molar-refractivity contribution in [2.75, 3.05) is 0 Å². The number of aryl methyl sites for hydroxylation is 1. The fourth-order valence-corrected chi connectivity index (χ4v) is 2.85. The number of carbonyl (C=O) groups is 1. The molecule has 2 aromatic carbocycles. The Morgan fingerprint density at radius 2 is 1.75 bits per heavy atom. The van der Waals surface area contributed by atoms with Crippen molar-refractivity contribution >= 4 is 5.97 Å². The zero-order chi connectivity index (χ0) is 23.1. The van der Waals surface area contributed by atoms with Gasteiger partial charge in [0, 0.05) is 30.0 Å². The van der Waals surface area contributed by atoms with Gasteiger partial charge in [-0.1, -0.05) is 31.5 Å². The number of ether oxygens (including phenoxy) is 2.